The highest BCUT2D eigenvalue weighted by molar-refractivity contribution is 5.44. The molecular weight excluding hydrogens is 212 g/mol. The van der Waals surface area contributed by atoms with Crippen LogP contribution < -0.4 is 10.2 Å². The first-order chi connectivity index (χ1) is 8.21. The van der Waals surface area contributed by atoms with E-state index in [0.717, 1.165) is 32.1 Å². The van der Waals surface area contributed by atoms with Crippen molar-refractivity contribution in [2.75, 3.05) is 24.5 Å². The van der Waals surface area contributed by atoms with Crippen LogP contribution in [0.4, 0.5) is 5.69 Å². The summed E-state index contributed by atoms with van der Waals surface area (Å²) in [6, 6.07) is 0. The highest BCUT2D eigenvalue weighted by Crippen LogP contribution is 2.41. The van der Waals surface area contributed by atoms with Gasteiger partial charge in [0.2, 0.25) is 0 Å². The van der Waals surface area contributed by atoms with Gasteiger partial charge in [0.15, 0.2) is 0 Å². The number of hydrogen-bond acceptors (Lipinski definition) is 3. The van der Waals surface area contributed by atoms with Gasteiger partial charge < -0.3 is 10.2 Å². The molecule has 94 valence electrons. The third-order valence-electron chi connectivity index (χ3n) is 4.22. The molecule has 0 spiro atoms. The minimum atomic E-state index is 0.312. The van der Waals surface area contributed by atoms with Crippen molar-refractivity contribution in [1.82, 2.24) is 15.1 Å². The number of piperazine rings is 1. The van der Waals surface area contributed by atoms with Crippen LogP contribution in [0.25, 0.3) is 0 Å². The summed E-state index contributed by atoms with van der Waals surface area (Å²) < 4.78 is 2.01. The third-order valence-corrected chi connectivity index (χ3v) is 4.22. The molecule has 1 aliphatic carbocycles. The average Bonchev–Trinajstić information content (AvgIpc) is 3.09. The van der Waals surface area contributed by atoms with Gasteiger partial charge in [-0.15, -0.1) is 0 Å². The Balaban J connectivity index is 1.74. The lowest BCUT2D eigenvalue weighted by atomic mass is 9.93. The molecule has 1 N–H and O–H groups in total. The lowest BCUT2D eigenvalue weighted by Crippen LogP contribution is -2.60. The summed E-state index contributed by atoms with van der Waals surface area (Å²) in [6.45, 7) is 8.75. The average molecular weight is 234 g/mol. The highest BCUT2D eigenvalue weighted by atomic mass is 15.3. The molecular formula is C13H22N4. The van der Waals surface area contributed by atoms with Crippen LogP contribution in [0.1, 0.15) is 26.7 Å². The number of nitrogens with zero attached hydrogens (tertiary/aromatic N) is 3. The maximum atomic E-state index is 4.37. The smallest absolute Gasteiger partial charge is 0.0753 e. The van der Waals surface area contributed by atoms with Gasteiger partial charge in [-0.2, -0.15) is 5.10 Å². The van der Waals surface area contributed by atoms with Crippen molar-refractivity contribution in [3.63, 3.8) is 0 Å². The summed E-state index contributed by atoms with van der Waals surface area (Å²) in [5, 5.41) is 8.08. The topological polar surface area (TPSA) is 33.1 Å². The van der Waals surface area contributed by atoms with Crippen LogP contribution in [0.3, 0.4) is 0 Å². The van der Waals surface area contributed by atoms with E-state index in [-0.39, 0.29) is 0 Å². The van der Waals surface area contributed by atoms with Crippen molar-refractivity contribution in [2.24, 2.45) is 5.92 Å². The van der Waals surface area contributed by atoms with Crippen LogP contribution in [0, 0.1) is 5.92 Å². The molecule has 17 heavy (non-hydrogen) atoms. The van der Waals surface area contributed by atoms with E-state index in [0.29, 0.717) is 5.54 Å². The fraction of sp³-hybridized carbons (Fsp3) is 0.769. The summed E-state index contributed by atoms with van der Waals surface area (Å²) in [5.74, 6) is 0.881. The zero-order valence-electron chi connectivity index (χ0n) is 10.8. The Kier molecular flexibility index (Phi) is 2.62. The second kappa shape index (κ2) is 4.02. The van der Waals surface area contributed by atoms with Crippen molar-refractivity contribution in [3.05, 3.63) is 12.4 Å². The van der Waals surface area contributed by atoms with Crippen LogP contribution in [0.15, 0.2) is 12.4 Å². The van der Waals surface area contributed by atoms with Crippen molar-refractivity contribution < 1.29 is 0 Å². The standard InChI is InChI=1S/C13H22N4/c1-3-17-9-12(8-15-17)16-7-6-14-13(2,10-16)11-4-5-11/h8-9,11,14H,3-7,10H2,1-2H3. The molecule has 2 aliphatic rings. The van der Waals surface area contributed by atoms with Crippen LogP contribution >= 0.6 is 0 Å². The molecule has 3 rings (SSSR count). The van der Waals surface area contributed by atoms with Gasteiger partial charge in [-0.05, 0) is 32.6 Å². The number of hydrogen-bond donors (Lipinski definition) is 1. The summed E-state index contributed by atoms with van der Waals surface area (Å²) >= 11 is 0. The Morgan fingerprint density at radius 1 is 1.53 bits per heavy atom. The minimum Gasteiger partial charge on any atom is -0.366 e. The van der Waals surface area contributed by atoms with Gasteiger partial charge >= 0.3 is 0 Å². The summed E-state index contributed by atoms with van der Waals surface area (Å²) in [4.78, 5) is 2.48. The summed E-state index contributed by atoms with van der Waals surface area (Å²) in [6.07, 6.45) is 6.96. The predicted octanol–water partition coefficient (Wildman–Crippen LogP) is 1.48. The normalized spacial score (nSPS) is 29.6. The molecule has 2 fully saturated rings. The lowest BCUT2D eigenvalue weighted by molar-refractivity contribution is 0.285. The van der Waals surface area contributed by atoms with E-state index in [4.69, 9.17) is 0 Å². The molecule has 0 bridgehead atoms. The Morgan fingerprint density at radius 2 is 2.35 bits per heavy atom. The van der Waals surface area contributed by atoms with Crippen LogP contribution in [-0.2, 0) is 6.54 Å². The van der Waals surface area contributed by atoms with Crippen molar-refractivity contribution in [1.29, 1.82) is 0 Å². The van der Waals surface area contributed by atoms with E-state index in [9.17, 15) is 0 Å². The maximum absolute atomic E-state index is 4.37. The first-order valence-electron chi connectivity index (χ1n) is 6.74. The van der Waals surface area contributed by atoms with E-state index in [1.165, 1.54) is 18.5 Å². The fourth-order valence-corrected chi connectivity index (χ4v) is 2.91. The van der Waals surface area contributed by atoms with Gasteiger partial charge in [-0.25, -0.2) is 0 Å². The maximum Gasteiger partial charge on any atom is 0.0753 e. The monoisotopic (exact) mass is 234 g/mol. The fourth-order valence-electron chi connectivity index (χ4n) is 2.91. The number of aromatic nitrogens is 2. The van der Waals surface area contributed by atoms with Gasteiger partial charge in [0.25, 0.3) is 0 Å². The molecule has 0 amide bonds. The number of aryl methyl sites for hydroxylation is 1. The first kappa shape index (κ1) is 11.1. The second-order valence-corrected chi connectivity index (χ2v) is 5.59. The molecule has 2 heterocycles. The zero-order chi connectivity index (χ0) is 11.9. The highest BCUT2D eigenvalue weighted by Gasteiger charge is 2.43. The largest absolute Gasteiger partial charge is 0.366 e. The molecule has 1 atom stereocenters. The molecule has 1 aliphatic heterocycles. The predicted molar refractivity (Wildman–Crippen MR) is 69.2 cm³/mol. The second-order valence-electron chi connectivity index (χ2n) is 5.59. The van der Waals surface area contributed by atoms with Gasteiger partial charge in [-0.1, -0.05) is 0 Å². The van der Waals surface area contributed by atoms with E-state index >= 15 is 0 Å². The molecule has 1 aromatic heterocycles. The van der Waals surface area contributed by atoms with Gasteiger partial charge in [0.1, 0.15) is 0 Å². The van der Waals surface area contributed by atoms with Crippen LogP contribution in [0.2, 0.25) is 0 Å². The number of nitrogens with one attached hydrogen (secondary N) is 1. The number of rotatable bonds is 3. The van der Waals surface area contributed by atoms with Gasteiger partial charge in [-0.3, -0.25) is 4.68 Å². The Labute approximate surface area is 103 Å². The minimum absolute atomic E-state index is 0.312. The molecule has 0 aromatic carbocycles. The quantitative estimate of drug-likeness (QED) is 0.860. The van der Waals surface area contributed by atoms with Crippen molar-refractivity contribution >= 4 is 5.69 Å². The number of anilines is 1. The summed E-state index contributed by atoms with van der Waals surface area (Å²) in [7, 11) is 0. The molecule has 4 heteroatoms. The molecule has 1 saturated heterocycles. The Morgan fingerprint density at radius 3 is 3.00 bits per heavy atom. The Hall–Kier alpha value is -1.03. The van der Waals surface area contributed by atoms with Crippen LogP contribution in [0.5, 0.6) is 0 Å². The van der Waals surface area contributed by atoms with Gasteiger partial charge in [0.05, 0.1) is 11.9 Å². The first-order valence-corrected chi connectivity index (χ1v) is 6.74. The van der Waals surface area contributed by atoms with Crippen molar-refractivity contribution in [3.8, 4) is 0 Å². The molecule has 4 nitrogen and oxygen atoms in total. The van der Waals surface area contributed by atoms with Crippen LogP contribution in [-0.4, -0.2) is 35.0 Å². The van der Waals surface area contributed by atoms with E-state index in [2.05, 4.69) is 35.4 Å². The Bertz CT molecular complexity index is 396. The summed E-state index contributed by atoms with van der Waals surface area (Å²) in [5.41, 5.74) is 1.59. The molecule has 1 aromatic rings. The lowest BCUT2D eigenvalue weighted by Gasteiger charge is -2.42. The van der Waals surface area contributed by atoms with Gasteiger partial charge in [0, 0.05) is 37.9 Å². The third kappa shape index (κ3) is 2.06. The van der Waals surface area contributed by atoms with E-state index in [1.807, 2.05) is 10.9 Å². The molecule has 1 unspecified atom stereocenters. The zero-order valence-corrected chi connectivity index (χ0v) is 10.8. The SMILES string of the molecule is CCn1cc(N2CCNC(C)(C3CC3)C2)cn1. The molecule has 0 radical (unpaired) electrons. The molecule has 1 saturated carbocycles. The van der Waals surface area contributed by atoms with Crippen molar-refractivity contribution in [2.45, 2.75) is 38.8 Å². The van der Waals surface area contributed by atoms with E-state index < -0.39 is 0 Å². The van der Waals surface area contributed by atoms with E-state index in [1.54, 1.807) is 0 Å².